The summed E-state index contributed by atoms with van der Waals surface area (Å²) in [5.74, 6) is -1.04. The van der Waals surface area contributed by atoms with Crippen molar-refractivity contribution in [3.8, 4) is 0 Å². The minimum Gasteiger partial charge on any atom is -0.480 e. The molecule has 0 saturated carbocycles. The molecule has 0 aromatic carbocycles. The fraction of sp³-hybridized carbons (Fsp3) is 0.455. The van der Waals surface area contributed by atoms with Gasteiger partial charge in [-0.05, 0) is 6.92 Å². The minimum atomic E-state index is -0.994. The van der Waals surface area contributed by atoms with Gasteiger partial charge in [0.05, 0.1) is 0 Å². The Hall–Kier alpha value is -2.58. The van der Waals surface area contributed by atoms with Crippen LogP contribution in [0, 0.1) is 0 Å². The van der Waals surface area contributed by atoms with E-state index in [1.807, 2.05) is 0 Å². The third-order valence-corrected chi connectivity index (χ3v) is 3.56. The number of aliphatic carboxylic acids is 1. The molecule has 106 valence electrons. The fourth-order valence-electron chi connectivity index (χ4n) is 2.58. The first kappa shape index (κ1) is 12.5. The first-order valence-electron chi connectivity index (χ1n) is 6.01. The number of aliphatic imine (C=N–C) groups is 1. The average Bonchev–Trinajstić information content (AvgIpc) is 2.84. The second kappa shape index (κ2) is 3.95. The Bertz CT molecular complexity index is 583. The Balaban J connectivity index is 1.96. The van der Waals surface area contributed by atoms with Crippen LogP contribution in [0.25, 0.3) is 0 Å². The number of hydrogen-bond donors (Lipinski definition) is 2. The van der Waals surface area contributed by atoms with Crippen molar-refractivity contribution in [3.63, 3.8) is 0 Å². The van der Waals surface area contributed by atoms with E-state index in [9.17, 15) is 14.4 Å². The van der Waals surface area contributed by atoms with E-state index in [4.69, 9.17) is 5.11 Å². The largest absolute Gasteiger partial charge is 0.480 e. The highest BCUT2D eigenvalue weighted by Crippen LogP contribution is 2.31. The summed E-state index contributed by atoms with van der Waals surface area (Å²) < 4.78 is 0. The van der Waals surface area contributed by atoms with Gasteiger partial charge >= 0.3 is 12.0 Å². The highest BCUT2D eigenvalue weighted by atomic mass is 16.4. The van der Waals surface area contributed by atoms with Crippen molar-refractivity contribution in [2.45, 2.75) is 19.1 Å². The lowest BCUT2D eigenvalue weighted by Gasteiger charge is -2.34. The number of likely N-dealkylation sites (N-methyl/N-ethyl adjacent to an activating group) is 1. The first-order valence-corrected chi connectivity index (χ1v) is 6.01. The van der Waals surface area contributed by atoms with E-state index in [1.54, 1.807) is 25.1 Å². The predicted octanol–water partition coefficient (Wildman–Crippen LogP) is -1.20. The molecular weight excluding hydrogens is 266 g/mol. The van der Waals surface area contributed by atoms with Crippen molar-refractivity contribution in [1.82, 2.24) is 20.0 Å². The van der Waals surface area contributed by atoms with Gasteiger partial charge in [-0.2, -0.15) is 0 Å². The van der Waals surface area contributed by atoms with E-state index in [2.05, 4.69) is 10.3 Å². The normalized spacial score (nSPS) is 28.0. The Kier molecular flexibility index (Phi) is 2.46. The van der Waals surface area contributed by atoms with Gasteiger partial charge in [0, 0.05) is 18.9 Å². The van der Waals surface area contributed by atoms with E-state index < -0.39 is 30.1 Å². The number of imide groups is 1. The number of urea groups is 1. The van der Waals surface area contributed by atoms with E-state index in [0.29, 0.717) is 11.7 Å². The zero-order valence-electron chi connectivity index (χ0n) is 10.9. The summed E-state index contributed by atoms with van der Waals surface area (Å²) in [6.45, 7) is 1.50. The molecule has 1 fully saturated rings. The molecule has 0 aliphatic carbocycles. The second-order valence-corrected chi connectivity index (χ2v) is 4.85. The fourth-order valence-corrected chi connectivity index (χ4v) is 2.58. The summed E-state index contributed by atoms with van der Waals surface area (Å²) in [4.78, 5) is 43.2. The lowest BCUT2D eigenvalue weighted by molar-refractivity contribution is -0.137. The highest BCUT2D eigenvalue weighted by Gasteiger charge is 2.51. The van der Waals surface area contributed by atoms with Crippen molar-refractivity contribution in [2.75, 3.05) is 13.6 Å². The zero-order valence-corrected chi connectivity index (χ0v) is 10.9. The van der Waals surface area contributed by atoms with Gasteiger partial charge in [-0.1, -0.05) is 0 Å². The molecule has 2 unspecified atom stereocenters. The number of nitrogens with zero attached hydrogens (tertiary/aromatic N) is 4. The first-order chi connectivity index (χ1) is 9.40. The van der Waals surface area contributed by atoms with Gasteiger partial charge < -0.3 is 19.8 Å². The number of nitrogens with one attached hydrogen (secondary N) is 1. The number of rotatable bonds is 2. The molecule has 20 heavy (non-hydrogen) atoms. The van der Waals surface area contributed by atoms with Crippen molar-refractivity contribution < 1.29 is 19.5 Å². The van der Waals surface area contributed by atoms with Crippen LogP contribution in [0.1, 0.15) is 6.92 Å². The van der Waals surface area contributed by atoms with Gasteiger partial charge in [-0.15, -0.1) is 0 Å². The molecule has 0 radical (unpaired) electrons. The smallest absolute Gasteiger partial charge is 0.325 e. The predicted molar refractivity (Wildman–Crippen MR) is 66.3 cm³/mol. The molecule has 2 atom stereocenters. The average molecular weight is 279 g/mol. The van der Waals surface area contributed by atoms with Gasteiger partial charge in [0.1, 0.15) is 6.54 Å². The van der Waals surface area contributed by atoms with Crippen LogP contribution in [0.2, 0.25) is 0 Å². The number of carbonyl (C=O) groups excluding carboxylic acids is 2. The van der Waals surface area contributed by atoms with Gasteiger partial charge in [-0.3, -0.25) is 14.9 Å². The summed E-state index contributed by atoms with van der Waals surface area (Å²) in [5.41, 5.74) is 0.692. The SMILES string of the molecule is CC1=CN2C(=NC3C2C(=O)NC(=O)N3C)N1CC(=O)O. The maximum absolute atomic E-state index is 12.0. The van der Waals surface area contributed by atoms with Gasteiger partial charge in [0.15, 0.2) is 12.2 Å². The molecule has 9 heteroatoms. The van der Waals surface area contributed by atoms with Gasteiger partial charge in [0.2, 0.25) is 5.96 Å². The number of carbonyl (C=O) groups is 3. The summed E-state index contributed by atoms with van der Waals surface area (Å²) in [6, 6.07) is -1.16. The van der Waals surface area contributed by atoms with E-state index in [-0.39, 0.29) is 6.54 Å². The van der Waals surface area contributed by atoms with E-state index >= 15 is 0 Å². The van der Waals surface area contributed by atoms with Gasteiger partial charge in [-0.25, -0.2) is 9.79 Å². The maximum atomic E-state index is 12.0. The van der Waals surface area contributed by atoms with Crippen LogP contribution in [0.4, 0.5) is 4.79 Å². The highest BCUT2D eigenvalue weighted by molar-refractivity contribution is 6.05. The van der Waals surface area contributed by atoms with Crippen molar-refractivity contribution in [1.29, 1.82) is 0 Å². The molecule has 3 aliphatic rings. The Labute approximate surface area is 114 Å². The molecule has 3 heterocycles. The third kappa shape index (κ3) is 1.55. The number of fused-ring (bicyclic) bond motifs is 3. The Morgan fingerprint density at radius 1 is 1.50 bits per heavy atom. The van der Waals surface area contributed by atoms with Crippen LogP contribution in [-0.2, 0) is 9.59 Å². The Morgan fingerprint density at radius 2 is 2.20 bits per heavy atom. The molecule has 1 saturated heterocycles. The molecule has 0 spiro atoms. The molecule has 3 amide bonds. The van der Waals surface area contributed by atoms with Crippen molar-refractivity contribution >= 4 is 23.9 Å². The van der Waals surface area contributed by atoms with Crippen LogP contribution >= 0.6 is 0 Å². The third-order valence-electron chi connectivity index (χ3n) is 3.56. The summed E-state index contributed by atoms with van der Waals surface area (Å²) in [5, 5.41) is 11.2. The minimum absolute atomic E-state index is 0.240. The lowest BCUT2D eigenvalue weighted by atomic mass is 10.1. The monoisotopic (exact) mass is 279 g/mol. The Morgan fingerprint density at radius 3 is 2.85 bits per heavy atom. The molecule has 0 bridgehead atoms. The molecule has 0 aromatic rings. The quantitative estimate of drug-likeness (QED) is 0.657. The van der Waals surface area contributed by atoms with Crippen LogP contribution in [-0.4, -0.2) is 69.5 Å². The van der Waals surface area contributed by atoms with Crippen LogP contribution < -0.4 is 5.32 Å². The van der Waals surface area contributed by atoms with Gasteiger partial charge in [0.25, 0.3) is 5.91 Å². The summed E-state index contributed by atoms with van der Waals surface area (Å²) in [6.07, 6.45) is 1.04. The molecule has 3 aliphatic heterocycles. The summed E-state index contributed by atoms with van der Waals surface area (Å²) in [7, 11) is 1.55. The second-order valence-electron chi connectivity index (χ2n) is 4.85. The van der Waals surface area contributed by atoms with Crippen molar-refractivity contribution in [3.05, 3.63) is 11.9 Å². The van der Waals surface area contributed by atoms with Crippen LogP contribution in [0.5, 0.6) is 0 Å². The van der Waals surface area contributed by atoms with Crippen LogP contribution in [0.15, 0.2) is 16.9 Å². The zero-order chi connectivity index (χ0) is 14.6. The number of carboxylic acids is 1. The van der Waals surface area contributed by atoms with Crippen molar-refractivity contribution in [2.24, 2.45) is 4.99 Å². The van der Waals surface area contributed by atoms with Crippen LogP contribution in [0.3, 0.4) is 0 Å². The molecule has 3 rings (SSSR count). The molecule has 2 N–H and O–H groups in total. The topological polar surface area (TPSA) is 106 Å². The number of allylic oxidation sites excluding steroid dienone is 1. The number of carboxylic acid groups (broad SMARTS) is 1. The molecule has 0 aromatic heterocycles. The standard InChI is InChI=1S/C11H13N5O4/c1-5-3-16-7-8(14(2)11(20)13-9(7)19)12-10(16)15(5)4-6(17)18/h3,7-8H,4H2,1-2H3,(H,17,18)(H,13,19,20). The lowest BCUT2D eigenvalue weighted by Crippen LogP contribution is -2.62. The molecular formula is C11H13N5O4. The summed E-state index contributed by atoms with van der Waals surface area (Å²) >= 11 is 0. The molecule has 9 nitrogen and oxygen atoms in total. The number of hydrogen-bond acceptors (Lipinski definition) is 6. The maximum Gasteiger partial charge on any atom is 0.325 e. The van der Waals surface area contributed by atoms with E-state index in [0.717, 1.165) is 0 Å². The number of guanidine groups is 1. The van der Waals surface area contributed by atoms with E-state index in [1.165, 1.54) is 9.80 Å². The number of amides is 3.